The number of carbonyl (C=O) groups excluding carboxylic acids is 1. The first-order valence-electron chi connectivity index (χ1n) is 4.03. The van der Waals surface area contributed by atoms with E-state index in [4.69, 9.17) is 10.7 Å². The number of nitrogens with zero attached hydrogens (tertiary/aromatic N) is 1. The Balaban J connectivity index is 2.43. The second-order valence-electron chi connectivity index (χ2n) is 4.12. The van der Waals surface area contributed by atoms with Crippen LogP contribution in [-0.4, -0.2) is 24.2 Å². The highest BCUT2D eigenvalue weighted by Gasteiger charge is 2.74. The van der Waals surface area contributed by atoms with Gasteiger partial charge in [-0.2, -0.15) is 8.42 Å². The number of hydrogen-bond acceptors (Lipinski definition) is 3. The van der Waals surface area contributed by atoms with Crippen molar-refractivity contribution in [2.24, 2.45) is 5.41 Å². The predicted octanol–water partition coefficient (Wildman–Crippen LogP) is 0.871. The van der Waals surface area contributed by atoms with Gasteiger partial charge in [-0.15, -0.1) is 0 Å². The van der Waals surface area contributed by atoms with E-state index in [0.717, 1.165) is 10.7 Å². The van der Waals surface area contributed by atoms with Crippen LogP contribution in [0.3, 0.4) is 0 Å². The molecule has 0 radical (unpaired) electrons. The first kappa shape index (κ1) is 9.27. The van der Waals surface area contributed by atoms with Crippen LogP contribution in [0, 0.1) is 5.41 Å². The van der Waals surface area contributed by atoms with Crippen molar-refractivity contribution < 1.29 is 13.2 Å². The van der Waals surface area contributed by atoms with E-state index in [1.54, 1.807) is 13.8 Å². The molecule has 1 saturated carbocycles. The number of hydrogen-bond donors (Lipinski definition) is 0. The normalized spacial score (nSPS) is 43.6. The molecule has 2 atom stereocenters. The Bertz CT molecular complexity index is 393. The standard InChI is InChI=1S/C7H10ClNO3S/c1-6-3-4-7(6,2)9(5(6)10)13(8,11)12/h3-4H2,1-2H3/t6-,7-/m1/s1. The fraction of sp³-hybridized carbons (Fsp3) is 0.857. The van der Waals surface area contributed by atoms with Crippen LogP contribution in [0.15, 0.2) is 0 Å². The van der Waals surface area contributed by atoms with Crippen LogP contribution >= 0.6 is 10.7 Å². The molecular formula is C7H10ClNO3S. The molecule has 13 heavy (non-hydrogen) atoms. The zero-order valence-electron chi connectivity index (χ0n) is 7.37. The minimum Gasteiger partial charge on any atom is -0.273 e. The van der Waals surface area contributed by atoms with E-state index in [2.05, 4.69) is 0 Å². The van der Waals surface area contributed by atoms with Crippen molar-refractivity contribution in [3.8, 4) is 0 Å². The van der Waals surface area contributed by atoms with Gasteiger partial charge in [0, 0.05) is 10.7 Å². The summed E-state index contributed by atoms with van der Waals surface area (Å²) >= 11 is 0. The van der Waals surface area contributed by atoms with Crippen LogP contribution < -0.4 is 0 Å². The van der Waals surface area contributed by atoms with Crippen LogP contribution in [0.1, 0.15) is 26.7 Å². The van der Waals surface area contributed by atoms with Crippen molar-refractivity contribution >= 4 is 25.8 Å². The van der Waals surface area contributed by atoms with Crippen LogP contribution in [-0.2, 0) is 14.0 Å². The molecule has 1 aliphatic heterocycles. The van der Waals surface area contributed by atoms with Gasteiger partial charge in [-0.05, 0) is 26.7 Å². The number of β-lactam (4-membered cyclic amide) rings is 1. The second kappa shape index (κ2) is 2.03. The minimum absolute atomic E-state index is 0.365. The summed E-state index contributed by atoms with van der Waals surface area (Å²) in [6, 6.07) is 0. The maximum atomic E-state index is 11.5. The molecular weight excluding hydrogens is 214 g/mol. The monoisotopic (exact) mass is 223 g/mol. The zero-order chi connectivity index (χ0) is 10.1. The second-order valence-corrected chi connectivity index (χ2v) is 6.48. The molecule has 0 N–H and O–H groups in total. The summed E-state index contributed by atoms with van der Waals surface area (Å²) in [5.41, 5.74) is -1.06. The van der Waals surface area contributed by atoms with E-state index < -0.39 is 20.2 Å². The zero-order valence-corrected chi connectivity index (χ0v) is 8.94. The number of fused-ring (bicyclic) bond motifs is 1. The molecule has 74 valence electrons. The average molecular weight is 224 g/mol. The SMILES string of the molecule is C[C@@]12CC[C@]1(C)C(=O)N2S(=O)(=O)Cl. The van der Waals surface area contributed by atoms with Crippen molar-refractivity contribution in [2.75, 3.05) is 0 Å². The molecule has 1 amide bonds. The molecule has 0 aromatic carbocycles. The number of amides is 1. The van der Waals surface area contributed by atoms with Gasteiger partial charge in [0.25, 0.3) is 0 Å². The summed E-state index contributed by atoms with van der Waals surface area (Å²) < 4.78 is 22.9. The van der Waals surface area contributed by atoms with Crippen molar-refractivity contribution in [3.63, 3.8) is 0 Å². The Hall–Kier alpha value is -0.290. The molecule has 0 aromatic heterocycles. The molecule has 1 heterocycles. The van der Waals surface area contributed by atoms with Crippen LogP contribution in [0.25, 0.3) is 0 Å². The first-order chi connectivity index (χ1) is 5.73. The topological polar surface area (TPSA) is 54.5 Å². The van der Waals surface area contributed by atoms with E-state index in [0.29, 0.717) is 6.42 Å². The van der Waals surface area contributed by atoms with E-state index in [1.165, 1.54) is 0 Å². The lowest BCUT2D eigenvalue weighted by Gasteiger charge is -2.67. The molecule has 2 aliphatic rings. The summed E-state index contributed by atoms with van der Waals surface area (Å²) in [5, 5.41) is 0. The van der Waals surface area contributed by atoms with Gasteiger partial charge >= 0.3 is 9.24 Å². The lowest BCUT2D eigenvalue weighted by Crippen LogP contribution is -2.81. The number of rotatable bonds is 1. The molecule has 2 rings (SSSR count). The first-order valence-corrected chi connectivity index (χ1v) is 6.29. The molecule has 1 saturated heterocycles. The Kier molecular flexibility index (Phi) is 1.45. The third-order valence-corrected chi connectivity index (χ3v) is 5.04. The lowest BCUT2D eigenvalue weighted by molar-refractivity contribution is -0.195. The molecule has 0 spiro atoms. The van der Waals surface area contributed by atoms with E-state index >= 15 is 0 Å². The Morgan fingerprint density at radius 2 is 1.92 bits per heavy atom. The summed E-state index contributed by atoms with van der Waals surface area (Å²) in [6.45, 7) is 3.55. The van der Waals surface area contributed by atoms with Gasteiger partial charge in [0.2, 0.25) is 5.91 Å². The van der Waals surface area contributed by atoms with Gasteiger partial charge in [0.15, 0.2) is 0 Å². The molecule has 0 bridgehead atoms. The largest absolute Gasteiger partial charge is 0.324 e. The molecule has 4 nitrogen and oxygen atoms in total. The quantitative estimate of drug-likeness (QED) is 0.490. The van der Waals surface area contributed by atoms with Crippen LogP contribution in [0.5, 0.6) is 0 Å². The fourth-order valence-electron chi connectivity index (χ4n) is 2.26. The summed E-state index contributed by atoms with van der Waals surface area (Å²) in [7, 11) is 1.27. The summed E-state index contributed by atoms with van der Waals surface area (Å²) in [6.07, 6.45) is 1.46. The molecule has 6 heteroatoms. The van der Waals surface area contributed by atoms with Gasteiger partial charge in [-0.1, -0.05) is 0 Å². The highest BCUT2D eigenvalue weighted by atomic mass is 35.7. The van der Waals surface area contributed by atoms with Gasteiger partial charge in [-0.3, -0.25) is 4.79 Å². The van der Waals surface area contributed by atoms with Crippen molar-refractivity contribution in [1.82, 2.24) is 4.31 Å². The Morgan fingerprint density at radius 3 is 2.08 bits per heavy atom. The number of piperidine rings is 1. The summed E-state index contributed by atoms with van der Waals surface area (Å²) in [5.74, 6) is -0.365. The van der Waals surface area contributed by atoms with Gasteiger partial charge in [0.05, 0.1) is 11.0 Å². The maximum Gasteiger partial charge on any atom is 0.324 e. The Labute approximate surface area is 81.4 Å². The average Bonchev–Trinajstić information content (AvgIpc) is 1.98. The van der Waals surface area contributed by atoms with Crippen molar-refractivity contribution in [1.29, 1.82) is 0 Å². The molecule has 2 fully saturated rings. The number of carbonyl (C=O) groups is 1. The predicted molar refractivity (Wildman–Crippen MR) is 47.4 cm³/mol. The fourth-order valence-corrected chi connectivity index (χ4v) is 4.08. The molecule has 0 unspecified atom stereocenters. The van der Waals surface area contributed by atoms with Gasteiger partial charge < -0.3 is 0 Å². The van der Waals surface area contributed by atoms with Crippen LogP contribution in [0.2, 0.25) is 0 Å². The van der Waals surface area contributed by atoms with Gasteiger partial charge in [0.1, 0.15) is 0 Å². The third-order valence-electron chi connectivity index (χ3n) is 3.62. The minimum atomic E-state index is -3.89. The van der Waals surface area contributed by atoms with Gasteiger partial charge in [-0.25, -0.2) is 4.31 Å². The molecule has 0 aromatic rings. The van der Waals surface area contributed by atoms with E-state index in [1.807, 2.05) is 0 Å². The maximum absolute atomic E-state index is 11.5. The summed E-state index contributed by atoms with van der Waals surface area (Å²) in [4.78, 5) is 11.5. The third kappa shape index (κ3) is 0.776. The van der Waals surface area contributed by atoms with E-state index in [9.17, 15) is 13.2 Å². The van der Waals surface area contributed by atoms with Crippen molar-refractivity contribution in [3.05, 3.63) is 0 Å². The Morgan fingerprint density at radius 1 is 1.38 bits per heavy atom. The van der Waals surface area contributed by atoms with Crippen molar-refractivity contribution in [2.45, 2.75) is 32.2 Å². The highest BCUT2D eigenvalue weighted by Crippen LogP contribution is 2.63. The lowest BCUT2D eigenvalue weighted by atomic mass is 9.50. The number of halogens is 1. The van der Waals surface area contributed by atoms with Crippen LogP contribution in [0.4, 0.5) is 0 Å². The smallest absolute Gasteiger partial charge is 0.273 e. The molecule has 1 aliphatic carbocycles. The highest BCUT2D eigenvalue weighted by molar-refractivity contribution is 8.12. The van der Waals surface area contributed by atoms with E-state index in [-0.39, 0.29) is 5.91 Å².